The zero-order valence-electron chi connectivity index (χ0n) is 24.7. The van der Waals surface area contributed by atoms with Crippen LogP contribution in [0.5, 0.6) is 0 Å². The molecule has 3 aliphatic rings. The van der Waals surface area contributed by atoms with Gasteiger partial charge in [-0.05, 0) is 87.7 Å². The number of allylic oxidation sites excluding steroid dienone is 1. The van der Waals surface area contributed by atoms with Gasteiger partial charge in [-0.15, -0.1) is 0 Å². The van der Waals surface area contributed by atoms with Crippen LogP contribution < -0.4 is 0 Å². The molecular formula is C43H29NS. The van der Waals surface area contributed by atoms with Crippen molar-refractivity contribution in [2.24, 2.45) is 0 Å². The molecule has 0 bridgehead atoms. The van der Waals surface area contributed by atoms with Crippen LogP contribution >= 0.6 is 11.8 Å². The van der Waals surface area contributed by atoms with Gasteiger partial charge < -0.3 is 4.57 Å². The first kappa shape index (κ1) is 25.3. The first-order chi connectivity index (χ1) is 22.3. The third-order valence-corrected chi connectivity index (χ3v) is 11.3. The van der Waals surface area contributed by atoms with Crippen molar-refractivity contribution in [3.63, 3.8) is 0 Å². The lowest BCUT2D eigenvalue weighted by atomic mass is 9.67. The van der Waals surface area contributed by atoms with Gasteiger partial charge in [0.2, 0.25) is 0 Å². The molecular weight excluding hydrogens is 563 g/mol. The van der Waals surface area contributed by atoms with Gasteiger partial charge in [0.1, 0.15) is 0 Å². The van der Waals surface area contributed by atoms with Crippen molar-refractivity contribution in [1.82, 2.24) is 4.57 Å². The van der Waals surface area contributed by atoms with Crippen molar-refractivity contribution < 1.29 is 0 Å². The third kappa shape index (κ3) is 3.41. The zero-order valence-corrected chi connectivity index (χ0v) is 25.5. The minimum atomic E-state index is -0.362. The molecule has 0 unspecified atom stereocenters. The van der Waals surface area contributed by atoms with Crippen LogP contribution in [-0.2, 0) is 11.8 Å². The fraction of sp³-hybridized carbons (Fsp3) is 0.0698. The normalized spacial score (nSPS) is 14.9. The van der Waals surface area contributed by atoms with Gasteiger partial charge in [-0.1, -0.05) is 133 Å². The second-order valence-corrected chi connectivity index (χ2v) is 13.4. The van der Waals surface area contributed by atoms with Crippen molar-refractivity contribution in [1.29, 1.82) is 0 Å². The van der Waals surface area contributed by atoms with Gasteiger partial charge in [-0.25, -0.2) is 0 Å². The largest absolute Gasteiger partial charge is 0.313 e. The molecule has 1 spiro atoms. The molecule has 212 valence electrons. The van der Waals surface area contributed by atoms with Crippen molar-refractivity contribution in [3.8, 4) is 27.9 Å². The number of nitrogens with zero attached hydrogens (tertiary/aromatic N) is 1. The highest BCUT2D eigenvalue weighted by Crippen LogP contribution is 2.62. The maximum absolute atomic E-state index is 2.55. The lowest BCUT2D eigenvalue weighted by molar-refractivity contribution is 0.724. The highest BCUT2D eigenvalue weighted by molar-refractivity contribution is 7.99. The maximum Gasteiger partial charge on any atom is 0.0735 e. The summed E-state index contributed by atoms with van der Waals surface area (Å²) in [5.41, 5.74) is 15.7. The van der Waals surface area contributed by atoms with Gasteiger partial charge in [0.25, 0.3) is 0 Å². The topological polar surface area (TPSA) is 4.93 Å². The standard InChI is InChI=1S/C43H29NS/c1-2-13-28(14-3-1)29-15-12-16-30(25-29)44-39-23-10-6-19-33(39)34-26-38-42(27-40(34)44)45-41-24-11-9-22-37(41)43(38)35-20-7-4-17-31(35)32-18-5-8-21-36(32)43/h1-9,11-22,24-27H,10,23H2. The molecule has 6 aromatic carbocycles. The Kier molecular flexibility index (Phi) is 5.33. The average Bonchev–Trinajstić information content (AvgIpc) is 3.59. The molecule has 0 N–H and O–H groups in total. The van der Waals surface area contributed by atoms with E-state index in [1.807, 2.05) is 11.8 Å². The summed E-state index contributed by atoms with van der Waals surface area (Å²) < 4.78 is 2.55. The van der Waals surface area contributed by atoms with Gasteiger partial charge in [0.15, 0.2) is 0 Å². The molecule has 0 amide bonds. The summed E-state index contributed by atoms with van der Waals surface area (Å²) in [6.45, 7) is 0. The Bertz CT molecular complexity index is 2310. The van der Waals surface area contributed by atoms with Crippen LogP contribution in [-0.4, -0.2) is 4.57 Å². The van der Waals surface area contributed by atoms with E-state index in [-0.39, 0.29) is 5.41 Å². The third-order valence-electron chi connectivity index (χ3n) is 10.1. The van der Waals surface area contributed by atoms with Crippen molar-refractivity contribution in [2.75, 3.05) is 0 Å². The number of fused-ring (bicyclic) bond motifs is 12. The second-order valence-electron chi connectivity index (χ2n) is 12.4. The van der Waals surface area contributed by atoms with E-state index < -0.39 is 0 Å². The van der Waals surface area contributed by atoms with Crippen LogP contribution in [0.25, 0.3) is 44.9 Å². The van der Waals surface area contributed by atoms with E-state index in [2.05, 4.69) is 156 Å². The van der Waals surface area contributed by atoms with Gasteiger partial charge >= 0.3 is 0 Å². The number of rotatable bonds is 2. The minimum absolute atomic E-state index is 0.362. The molecule has 0 atom stereocenters. The van der Waals surface area contributed by atoms with Crippen molar-refractivity contribution >= 4 is 28.7 Å². The van der Waals surface area contributed by atoms with Gasteiger partial charge in [-0.3, -0.25) is 0 Å². The van der Waals surface area contributed by atoms with Crippen LogP contribution in [0.4, 0.5) is 0 Å². The number of hydrogen-bond donors (Lipinski definition) is 0. The number of benzene rings is 6. The minimum Gasteiger partial charge on any atom is -0.313 e. The summed E-state index contributed by atoms with van der Waals surface area (Å²) in [5.74, 6) is 0. The van der Waals surface area contributed by atoms with E-state index in [4.69, 9.17) is 0 Å². The molecule has 2 aliphatic carbocycles. The van der Waals surface area contributed by atoms with E-state index in [9.17, 15) is 0 Å². The van der Waals surface area contributed by atoms with Crippen LogP contribution in [0.15, 0.2) is 155 Å². The van der Waals surface area contributed by atoms with E-state index in [0.29, 0.717) is 0 Å². The first-order valence-electron chi connectivity index (χ1n) is 15.8. The molecule has 1 nitrogen and oxygen atoms in total. The molecule has 2 heteroatoms. The predicted octanol–water partition coefficient (Wildman–Crippen LogP) is 11.1. The van der Waals surface area contributed by atoms with E-state index in [1.165, 1.54) is 82.1 Å². The first-order valence-corrected chi connectivity index (χ1v) is 16.6. The Morgan fingerprint density at radius 1 is 0.556 bits per heavy atom. The lowest BCUT2D eigenvalue weighted by Crippen LogP contribution is -2.32. The van der Waals surface area contributed by atoms with Crippen molar-refractivity contribution in [3.05, 3.63) is 179 Å². The second kappa shape index (κ2) is 9.47. The summed E-state index contributed by atoms with van der Waals surface area (Å²) >= 11 is 1.93. The highest BCUT2D eigenvalue weighted by Gasteiger charge is 2.50. The summed E-state index contributed by atoms with van der Waals surface area (Å²) in [5, 5.41) is 1.34. The average molecular weight is 592 g/mol. The summed E-state index contributed by atoms with van der Waals surface area (Å²) in [4.78, 5) is 2.68. The SMILES string of the molecule is C1=Cc2c(n(-c3cccc(-c4ccccc4)c3)c3cc4c(cc23)C2(c3ccccc3S4)c3ccccc3-c3ccccc32)CC1. The molecule has 7 aromatic rings. The Hall–Kier alpha value is -5.05. The smallest absolute Gasteiger partial charge is 0.0735 e. The predicted molar refractivity (Wildman–Crippen MR) is 187 cm³/mol. The molecule has 1 aliphatic heterocycles. The summed E-state index contributed by atoms with van der Waals surface area (Å²) in [6.07, 6.45) is 6.82. The molecule has 2 heterocycles. The lowest BCUT2D eigenvalue weighted by Gasteiger charge is -2.39. The molecule has 0 radical (unpaired) electrons. The monoisotopic (exact) mass is 591 g/mol. The van der Waals surface area contributed by atoms with Crippen LogP contribution in [0, 0.1) is 0 Å². The molecule has 0 saturated heterocycles. The van der Waals surface area contributed by atoms with E-state index >= 15 is 0 Å². The van der Waals surface area contributed by atoms with E-state index in [0.717, 1.165) is 12.8 Å². The van der Waals surface area contributed by atoms with Crippen LogP contribution in [0.3, 0.4) is 0 Å². The van der Waals surface area contributed by atoms with Crippen LogP contribution in [0.1, 0.15) is 39.9 Å². The van der Waals surface area contributed by atoms with Crippen molar-refractivity contribution in [2.45, 2.75) is 28.0 Å². The summed E-state index contributed by atoms with van der Waals surface area (Å²) in [6, 6.07) is 52.1. The molecule has 1 aromatic heterocycles. The summed E-state index contributed by atoms with van der Waals surface area (Å²) in [7, 11) is 0. The fourth-order valence-corrected chi connectivity index (χ4v) is 9.52. The molecule has 10 rings (SSSR count). The van der Waals surface area contributed by atoms with Gasteiger partial charge in [-0.2, -0.15) is 0 Å². The Morgan fingerprint density at radius 3 is 2.04 bits per heavy atom. The Labute approximate surface area is 267 Å². The Balaban J connectivity index is 1.30. The fourth-order valence-electron chi connectivity index (χ4n) is 8.32. The maximum atomic E-state index is 2.55. The van der Waals surface area contributed by atoms with E-state index in [1.54, 1.807) is 0 Å². The molecule has 0 fully saturated rings. The number of hydrogen-bond acceptors (Lipinski definition) is 1. The molecule has 0 saturated carbocycles. The quantitative estimate of drug-likeness (QED) is 0.194. The number of aromatic nitrogens is 1. The molecule has 45 heavy (non-hydrogen) atoms. The highest BCUT2D eigenvalue weighted by atomic mass is 32.2. The van der Waals surface area contributed by atoms with Crippen LogP contribution in [0.2, 0.25) is 0 Å². The Morgan fingerprint density at radius 2 is 1.24 bits per heavy atom. The van der Waals surface area contributed by atoms with Gasteiger partial charge in [0.05, 0.1) is 10.9 Å². The van der Waals surface area contributed by atoms with Gasteiger partial charge in [0, 0.05) is 32.1 Å². The zero-order chi connectivity index (χ0) is 29.5.